The van der Waals surface area contributed by atoms with Gasteiger partial charge >= 0.3 is 0 Å². The van der Waals surface area contributed by atoms with Gasteiger partial charge in [0.1, 0.15) is 0 Å². The molecule has 0 unspecified atom stereocenters. The van der Waals surface area contributed by atoms with Crippen molar-refractivity contribution < 1.29 is 13.9 Å². The van der Waals surface area contributed by atoms with Crippen LogP contribution in [0.25, 0.3) is 0 Å². The second kappa shape index (κ2) is 5.91. The van der Waals surface area contributed by atoms with Crippen molar-refractivity contribution in [3.05, 3.63) is 53.9 Å². The molecule has 1 aliphatic rings. The van der Waals surface area contributed by atoms with Gasteiger partial charge in [-0.1, -0.05) is 6.07 Å². The Morgan fingerprint density at radius 2 is 2.10 bits per heavy atom. The van der Waals surface area contributed by atoms with Crippen LogP contribution in [0.3, 0.4) is 0 Å². The third-order valence-corrected chi connectivity index (χ3v) is 3.89. The minimum absolute atomic E-state index is 0.0920. The van der Waals surface area contributed by atoms with Crippen LogP contribution in [0, 0.1) is 11.6 Å². The Bertz CT molecular complexity index is 603. The molecule has 1 saturated heterocycles. The summed E-state index contributed by atoms with van der Waals surface area (Å²) < 4.78 is 28.3. The van der Waals surface area contributed by atoms with Crippen LogP contribution in [0.2, 0.25) is 0 Å². The number of benzene rings is 1. The van der Waals surface area contributed by atoms with E-state index < -0.39 is 17.7 Å². The molecule has 0 aliphatic carbocycles. The van der Waals surface area contributed by atoms with Gasteiger partial charge in [-0.3, -0.25) is 9.58 Å². The van der Waals surface area contributed by atoms with Crippen molar-refractivity contribution in [1.82, 2.24) is 14.7 Å². The van der Waals surface area contributed by atoms with Gasteiger partial charge in [0, 0.05) is 31.5 Å². The molecule has 0 bridgehead atoms. The minimum Gasteiger partial charge on any atom is -0.392 e. The molecule has 1 aromatic heterocycles. The molecule has 1 aliphatic heterocycles. The van der Waals surface area contributed by atoms with E-state index in [1.807, 2.05) is 16.9 Å². The minimum atomic E-state index is -0.847. The molecule has 3 rings (SSSR count). The zero-order valence-electron chi connectivity index (χ0n) is 11.5. The fraction of sp³-hybridized carbons (Fsp3) is 0.400. The molecule has 0 amide bonds. The van der Waals surface area contributed by atoms with Crippen LogP contribution in [-0.2, 0) is 6.54 Å². The third kappa shape index (κ3) is 3.11. The van der Waals surface area contributed by atoms with Crippen LogP contribution in [-0.4, -0.2) is 39.0 Å². The number of hydrogen-bond donors (Lipinski definition) is 1. The summed E-state index contributed by atoms with van der Waals surface area (Å²) >= 11 is 0. The molecule has 4 nitrogen and oxygen atoms in total. The standard InChI is InChI=1S/C15H17F2N3O/c16-13-3-2-11(8-14(13)17)15-9-12(21)10-19(15)6-7-20-5-1-4-18-20/h1-5,8,12,15,21H,6-7,9-10H2/t12-,15-/m0/s1. The van der Waals surface area contributed by atoms with Crippen LogP contribution < -0.4 is 0 Å². The van der Waals surface area contributed by atoms with Gasteiger partial charge in [-0.15, -0.1) is 0 Å². The molecule has 1 fully saturated rings. The Hall–Kier alpha value is -1.79. The molecule has 1 aromatic carbocycles. The first-order valence-electron chi connectivity index (χ1n) is 6.98. The Balaban J connectivity index is 1.73. The highest BCUT2D eigenvalue weighted by Crippen LogP contribution is 2.32. The van der Waals surface area contributed by atoms with Crippen molar-refractivity contribution in [1.29, 1.82) is 0 Å². The maximum absolute atomic E-state index is 13.4. The summed E-state index contributed by atoms with van der Waals surface area (Å²) in [5.74, 6) is -1.69. The fourth-order valence-corrected chi connectivity index (χ4v) is 2.86. The monoisotopic (exact) mass is 293 g/mol. The van der Waals surface area contributed by atoms with Crippen LogP contribution in [0.5, 0.6) is 0 Å². The Labute approximate surface area is 121 Å². The summed E-state index contributed by atoms with van der Waals surface area (Å²) in [4.78, 5) is 2.08. The van der Waals surface area contributed by atoms with Crippen LogP contribution in [0.4, 0.5) is 8.78 Å². The van der Waals surface area contributed by atoms with Crippen LogP contribution in [0.1, 0.15) is 18.0 Å². The van der Waals surface area contributed by atoms with Gasteiger partial charge in [-0.25, -0.2) is 8.78 Å². The number of likely N-dealkylation sites (tertiary alicyclic amines) is 1. The lowest BCUT2D eigenvalue weighted by Crippen LogP contribution is -2.28. The van der Waals surface area contributed by atoms with E-state index in [1.165, 1.54) is 6.07 Å². The second-order valence-electron chi connectivity index (χ2n) is 5.34. The molecule has 21 heavy (non-hydrogen) atoms. The van der Waals surface area contributed by atoms with Crippen molar-refractivity contribution in [2.45, 2.75) is 25.1 Å². The predicted molar refractivity (Wildman–Crippen MR) is 73.5 cm³/mol. The molecular weight excluding hydrogens is 276 g/mol. The van der Waals surface area contributed by atoms with E-state index in [0.717, 1.165) is 6.07 Å². The molecule has 112 valence electrons. The lowest BCUT2D eigenvalue weighted by Gasteiger charge is -2.24. The van der Waals surface area contributed by atoms with Gasteiger partial charge in [0.2, 0.25) is 0 Å². The maximum atomic E-state index is 13.4. The number of aliphatic hydroxyl groups excluding tert-OH is 1. The third-order valence-electron chi connectivity index (χ3n) is 3.89. The van der Waals surface area contributed by atoms with E-state index in [2.05, 4.69) is 10.00 Å². The van der Waals surface area contributed by atoms with Crippen LogP contribution in [0.15, 0.2) is 36.7 Å². The summed E-state index contributed by atoms with van der Waals surface area (Å²) in [6.07, 6.45) is 3.68. The lowest BCUT2D eigenvalue weighted by molar-refractivity contribution is 0.172. The maximum Gasteiger partial charge on any atom is 0.159 e. The normalized spacial score (nSPS) is 22.8. The van der Waals surface area contributed by atoms with Crippen molar-refractivity contribution in [2.24, 2.45) is 0 Å². The summed E-state index contributed by atoms with van der Waals surface area (Å²) in [7, 11) is 0. The first-order valence-corrected chi connectivity index (χ1v) is 6.98. The van der Waals surface area contributed by atoms with E-state index in [0.29, 0.717) is 31.6 Å². The van der Waals surface area contributed by atoms with Crippen LogP contribution >= 0.6 is 0 Å². The van der Waals surface area contributed by atoms with Crippen molar-refractivity contribution in [3.8, 4) is 0 Å². The smallest absolute Gasteiger partial charge is 0.159 e. The van der Waals surface area contributed by atoms with Gasteiger partial charge in [-0.2, -0.15) is 5.10 Å². The van der Waals surface area contributed by atoms with Gasteiger partial charge in [-0.05, 0) is 30.2 Å². The Morgan fingerprint density at radius 3 is 2.81 bits per heavy atom. The summed E-state index contributed by atoms with van der Waals surface area (Å²) in [5, 5.41) is 14.0. The van der Waals surface area contributed by atoms with Gasteiger partial charge in [0.05, 0.1) is 12.6 Å². The molecule has 0 spiro atoms. The topological polar surface area (TPSA) is 41.3 Å². The summed E-state index contributed by atoms with van der Waals surface area (Å²) in [5.41, 5.74) is 0.700. The number of hydrogen-bond acceptors (Lipinski definition) is 3. The van der Waals surface area contributed by atoms with Crippen molar-refractivity contribution in [3.63, 3.8) is 0 Å². The zero-order valence-corrected chi connectivity index (χ0v) is 11.5. The molecular formula is C15H17F2N3O. The lowest BCUT2D eigenvalue weighted by atomic mass is 10.0. The predicted octanol–water partition coefficient (Wildman–Crippen LogP) is 1.97. The highest BCUT2D eigenvalue weighted by Gasteiger charge is 2.32. The average Bonchev–Trinajstić information content (AvgIpc) is 3.09. The number of rotatable bonds is 4. The largest absolute Gasteiger partial charge is 0.392 e. The highest BCUT2D eigenvalue weighted by atomic mass is 19.2. The Kier molecular flexibility index (Phi) is 3.98. The first kappa shape index (κ1) is 14.2. The fourth-order valence-electron chi connectivity index (χ4n) is 2.86. The van der Waals surface area contributed by atoms with Gasteiger partial charge < -0.3 is 5.11 Å². The van der Waals surface area contributed by atoms with E-state index in [4.69, 9.17) is 0 Å². The van der Waals surface area contributed by atoms with E-state index in [9.17, 15) is 13.9 Å². The summed E-state index contributed by atoms with van der Waals surface area (Å²) in [6, 6.07) is 5.71. The number of β-amino-alcohol motifs (C(OH)–C–C–N with tert-alkyl or cyclic N) is 1. The molecule has 2 atom stereocenters. The molecule has 2 heterocycles. The molecule has 0 radical (unpaired) electrons. The van der Waals surface area contributed by atoms with E-state index >= 15 is 0 Å². The summed E-state index contributed by atoms with van der Waals surface area (Å²) in [6.45, 7) is 1.92. The number of aromatic nitrogens is 2. The number of halogens is 2. The molecule has 1 N–H and O–H groups in total. The number of nitrogens with zero attached hydrogens (tertiary/aromatic N) is 3. The quantitative estimate of drug-likeness (QED) is 0.937. The first-order chi connectivity index (χ1) is 10.1. The SMILES string of the molecule is O[C@H]1C[C@@H](c2ccc(F)c(F)c2)N(CCn2cccn2)C1. The number of aliphatic hydroxyl groups is 1. The zero-order chi connectivity index (χ0) is 14.8. The van der Waals surface area contributed by atoms with E-state index in [1.54, 1.807) is 12.3 Å². The van der Waals surface area contributed by atoms with E-state index in [-0.39, 0.29) is 6.04 Å². The highest BCUT2D eigenvalue weighted by molar-refractivity contribution is 5.22. The van der Waals surface area contributed by atoms with Crippen molar-refractivity contribution >= 4 is 0 Å². The van der Waals surface area contributed by atoms with Gasteiger partial charge in [0.15, 0.2) is 11.6 Å². The average molecular weight is 293 g/mol. The second-order valence-corrected chi connectivity index (χ2v) is 5.34. The van der Waals surface area contributed by atoms with Crippen molar-refractivity contribution in [2.75, 3.05) is 13.1 Å². The molecule has 2 aromatic rings. The molecule has 6 heteroatoms. The van der Waals surface area contributed by atoms with Gasteiger partial charge in [0.25, 0.3) is 0 Å². The molecule has 0 saturated carbocycles. The Morgan fingerprint density at radius 1 is 1.24 bits per heavy atom.